The van der Waals surface area contributed by atoms with Gasteiger partial charge in [-0.05, 0) is 47.4 Å². The number of hydrogen-bond donors (Lipinski definition) is 1. The largest absolute Gasteiger partial charge is 0.497 e. The van der Waals surface area contributed by atoms with Crippen molar-refractivity contribution in [1.82, 2.24) is 10.3 Å². The molecule has 0 atom stereocenters. The summed E-state index contributed by atoms with van der Waals surface area (Å²) < 4.78 is 5.18. The summed E-state index contributed by atoms with van der Waals surface area (Å²) in [6.45, 7) is 2.45. The fraction of sp³-hybridized carbons (Fsp3) is 0.154. The molecule has 1 N–H and O–H groups in total. The summed E-state index contributed by atoms with van der Waals surface area (Å²) in [5.41, 5.74) is 5.99. The van der Waals surface area contributed by atoms with Gasteiger partial charge in [0.15, 0.2) is 0 Å². The monoisotopic (exact) mass is 396 g/mol. The Morgan fingerprint density at radius 1 is 0.933 bits per heavy atom. The molecule has 0 unspecified atom stereocenters. The van der Waals surface area contributed by atoms with E-state index in [1.807, 2.05) is 67.6 Å². The average Bonchev–Trinajstić information content (AvgIpc) is 2.79. The van der Waals surface area contributed by atoms with Crippen molar-refractivity contribution in [1.29, 1.82) is 0 Å². The van der Waals surface area contributed by atoms with E-state index in [4.69, 9.17) is 9.72 Å². The van der Waals surface area contributed by atoms with Crippen LogP contribution in [0.4, 0.5) is 0 Å². The van der Waals surface area contributed by atoms with Crippen molar-refractivity contribution in [2.75, 3.05) is 7.11 Å². The number of ether oxygens (including phenoxy) is 1. The maximum absolute atomic E-state index is 12.8. The van der Waals surface area contributed by atoms with Crippen LogP contribution in [0.5, 0.6) is 5.75 Å². The van der Waals surface area contributed by atoms with Gasteiger partial charge in [0.25, 0.3) is 0 Å². The minimum absolute atomic E-state index is 0.0248. The molecule has 0 aliphatic heterocycles. The number of nitrogens with one attached hydrogen (secondary N) is 1. The number of carbonyl (C=O) groups excluding carboxylic acids is 1. The average molecular weight is 396 g/mol. The predicted molar refractivity (Wildman–Crippen MR) is 120 cm³/mol. The molecule has 1 aromatic heterocycles. The van der Waals surface area contributed by atoms with Gasteiger partial charge in [0, 0.05) is 17.6 Å². The van der Waals surface area contributed by atoms with Crippen LogP contribution >= 0.6 is 0 Å². The number of amides is 1. The summed E-state index contributed by atoms with van der Waals surface area (Å²) in [5.74, 6) is 0.777. The van der Waals surface area contributed by atoms with Crippen LogP contribution in [0, 0.1) is 6.92 Å². The fourth-order valence-corrected chi connectivity index (χ4v) is 3.69. The molecule has 0 aliphatic carbocycles. The molecule has 4 nitrogen and oxygen atoms in total. The number of aromatic nitrogens is 1. The summed E-state index contributed by atoms with van der Waals surface area (Å²) in [5, 5.41) is 4.09. The van der Waals surface area contributed by atoms with E-state index >= 15 is 0 Å². The number of pyridine rings is 1. The Hall–Kier alpha value is -3.66. The summed E-state index contributed by atoms with van der Waals surface area (Å²) in [6, 6.07) is 26.0. The van der Waals surface area contributed by atoms with Gasteiger partial charge in [-0.25, -0.2) is 0 Å². The van der Waals surface area contributed by atoms with E-state index in [1.54, 1.807) is 7.11 Å². The molecule has 30 heavy (non-hydrogen) atoms. The van der Waals surface area contributed by atoms with Crippen LogP contribution in [0.2, 0.25) is 0 Å². The Morgan fingerprint density at radius 2 is 1.63 bits per heavy atom. The van der Waals surface area contributed by atoms with Crippen LogP contribution in [0.15, 0.2) is 78.9 Å². The van der Waals surface area contributed by atoms with Crippen LogP contribution in [0.3, 0.4) is 0 Å². The maximum Gasteiger partial charge on any atom is 0.224 e. The number of methoxy groups -OCH3 is 1. The standard InChI is InChI=1S/C26H24N2O2/c1-18-23(16-25(29)27-17-19-12-14-21(30-2)15-13-19)26(20-8-4-3-5-9-20)22-10-6-7-11-24(22)28-18/h3-15H,16-17H2,1-2H3,(H,27,29). The summed E-state index contributed by atoms with van der Waals surface area (Å²) in [4.78, 5) is 17.6. The summed E-state index contributed by atoms with van der Waals surface area (Å²) in [7, 11) is 1.64. The lowest BCUT2D eigenvalue weighted by Gasteiger charge is -2.16. The number of rotatable bonds is 6. The number of carbonyl (C=O) groups is 1. The lowest BCUT2D eigenvalue weighted by molar-refractivity contribution is -0.120. The molecule has 4 rings (SSSR count). The highest BCUT2D eigenvalue weighted by atomic mass is 16.5. The van der Waals surface area contributed by atoms with Crippen LogP contribution in [0.25, 0.3) is 22.0 Å². The molecule has 4 aromatic rings. The van der Waals surface area contributed by atoms with E-state index in [0.29, 0.717) is 6.54 Å². The Bertz CT molecular complexity index is 1170. The highest BCUT2D eigenvalue weighted by Gasteiger charge is 2.17. The van der Waals surface area contributed by atoms with Gasteiger partial charge in [-0.2, -0.15) is 0 Å². The molecular weight excluding hydrogens is 372 g/mol. The quantitative estimate of drug-likeness (QED) is 0.495. The van der Waals surface area contributed by atoms with Gasteiger partial charge in [-0.15, -0.1) is 0 Å². The van der Waals surface area contributed by atoms with Gasteiger partial charge in [0.05, 0.1) is 19.0 Å². The normalized spacial score (nSPS) is 10.7. The second-order valence-corrected chi connectivity index (χ2v) is 7.24. The van der Waals surface area contributed by atoms with Crippen LogP contribution in [-0.2, 0) is 17.8 Å². The summed E-state index contributed by atoms with van der Waals surface area (Å²) >= 11 is 0. The van der Waals surface area contributed by atoms with E-state index < -0.39 is 0 Å². The van der Waals surface area contributed by atoms with Crippen molar-refractivity contribution in [3.63, 3.8) is 0 Å². The van der Waals surface area contributed by atoms with Crippen molar-refractivity contribution in [2.45, 2.75) is 19.9 Å². The zero-order valence-corrected chi connectivity index (χ0v) is 17.2. The molecule has 0 saturated carbocycles. The SMILES string of the molecule is COc1ccc(CNC(=O)Cc2c(C)nc3ccccc3c2-c2ccccc2)cc1. The number of fused-ring (bicyclic) bond motifs is 1. The lowest BCUT2D eigenvalue weighted by atomic mass is 9.92. The third-order valence-corrected chi connectivity index (χ3v) is 5.25. The zero-order valence-electron chi connectivity index (χ0n) is 17.2. The van der Waals surface area contributed by atoms with E-state index in [2.05, 4.69) is 23.5 Å². The van der Waals surface area contributed by atoms with Crippen molar-refractivity contribution in [3.05, 3.63) is 95.7 Å². The van der Waals surface area contributed by atoms with Crippen LogP contribution in [0.1, 0.15) is 16.8 Å². The second-order valence-electron chi connectivity index (χ2n) is 7.24. The van der Waals surface area contributed by atoms with Crippen molar-refractivity contribution in [3.8, 4) is 16.9 Å². The number of hydrogen-bond acceptors (Lipinski definition) is 3. The first kappa shape index (κ1) is 19.6. The molecule has 0 saturated heterocycles. The zero-order chi connectivity index (χ0) is 20.9. The summed E-state index contributed by atoms with van der Waals surface area (Å²) in [6.07, 6.45) is 0.282. The van der Waals surface area contributed by atoms with Crippen molar-refractivity contribution < 1.29 is 9.53 Å². The third-order valence-electron chi connectivity index (χ3n) is 5.25. The first-order valence-electron chi connectivity index (χ1n) is 9.99. The smallest absolute Gasteiger partial charge is 0.224 e. The maximum atomic E-state index is 12.8. The third kappa shape index (κ3) is 4.18. The van der Waals surface area contributed by atoms with Gasteiger partial charge in [0.2, 0.25) is 5.91 Å². The molecule has 0 aliphatic rings. The first-order valence-corrected chi connectivity index (χ1v) is 9.99. The minimum Gasteiger partial charge on any atom is -0.497 e. The van der Waals surface area contributed by atoms with Gasteiger partial charge >= 0.3 is 0 Å². The van der Waals surface area contributed by atoms with E-state index in [9.17, 15) is 4.79 Å². The molecular formula is C26H24N2O2. The highest BCUT2D eigenvalue weighted by Crippen LogP contribution is 2.33. The molecule has 0 fully saturated rings. The lowest BCUT2D eigenvalue weighted by Crippen LogP contribution is -2.25. The van der Waals surface area contributed by atoms with Gasteiger partial charge in [-0.1, -0.05) is 60.7 Å². The second kappa shape index (κ2) is 8.78. The van der Waals surface area contributed by atoms with Gasteiger partial charge in [0.1, 0.15) is 5.75 Å². The number of para-hydroxylation sites is 1. The van der Waals surface area contributed by atoms with E-state index in [-0.39, 0.29) is 12.3 Å². The molecule has 3 aromatic carbocycles. The Labute approximate surface area is 176 Å². The van der Waals surface area contributed by atoms with Crippen molar-refractivity contribution in [2.24, 2.45) is 0 Å². The minimum atomic E-state index is -0.0248. The molecule has 0 radical (unpaired) electrons. The number of benzene rings is 3. The van der Waals surface area contributed by atoms with Crippen LogP contribution in [-0.4, -0.2) is 18.0 Å². The predicted octanol–water partition coefficient (Wildman–Crippen LogP) is 5.08. The molecule has 1 amide bonds. The van der Waals surface area contributed by atoms with Crippen molar-refractivity contribution >= 4 is 16.8 Å². The molecule has 4 heteroatoms. The highest BCUT2D eigenvalue weighted by molar-refractivity contribution is 5.98. The van der Waals surface area contributed by atoms with Crippen LogP contribution < -0.4 is 10.1 Å². The first-order chi connectivity index (χ1) is 14.7. The van der Waals surface area contributed by atoms with Gasteiger partial charge in [-0.3, -0.25) is 9.78 Å². The molecule has 0 spiro atoms. The fourth-order valence-electron chi connectivity index (χ4n) is 3.69. The van der Waals surface area contributed by atoms with Gasteiger partial charge < -0.3 is 10.1 Å². The number of nitrogens with zero attached hydrogens (tertiary/aromatic N) is 1. The van der Waals surface area contributed by atoms with E-state index in [0.717, 1.165) is 44.6 Å². The molecule has 1 heterocycles. The van der Waals surface area contributed by atoms with E-state index in [1.165, 1.54) is 0 Å². The Morgan fingerprint density at radius 3 is 2.37 bits per heavy atom. The molecule has 0 bridgehead atoms. The Kier molecular flexibility index (Phi) is 5.75. The molecule has 150 valence electrons. The topological polar surface area (TPSA) is 51.2 Å². The Balaban J connectivity index is 1.63. The number of aryl methyl sites for hydroxylation is 1.